The summed E-state index contributed by atoms with van der Waals surface area (Å²) in [6.45, 7) is 2.06. The van der Waals surface area contributed by atoms with Crippen molar-refractivity contribution < 1.29 is 27.9 Å². The van der Waals surface area contributed by atoms with Crippen LogP contribution in [0.1, 0.15) is 29.4 Å². The van der Waals surface area contributed by atoms with Crippen molar-refractivity contribution in [3.63, 3.8) is 0 Å². The zero-order valence-corrected chi connectivity index (χ0v) is 14.0. The number of hydrogen-bond donors (Lipinski definition) is 1. The lowest BCUT2D eigenvalue weighted by atomic mass is 10.1. The molecular formula is C16H15F3N2O3S. The van der Waals surface area contributed by atoms with Crippen molar-refractivity contribution in [1.29, 1.82) is 0 Å². The Kier molecular flexibility index (Phi) is 5.78. The number of carbonyl (C=O) groups is 2. The fourth-order valence-corrected chi connectivity index (χ4v) is 2.92. The summed E-state index contributed by atoms with van der Waals surface area (Å²) in [5.41, 5.74) is -0.429. The van der Waals surface area contributed by atoms with E-state index in [1.165, 1.54) is 22.4 Å². The maximum atomic E-state index is 12.8. The van der Waals surface area contributed by atoms with Gasteiger partial charge in [-0.1, -0.05) is 12.1 Å². The van der Waals surface area contributed by atoms with Gasteiger partial charge in [-0.2, -0.15) is 13.2 Å². The molecule has 0 fully saturated rings. The highest BCUT2D eigenvalue weighted by Gasteiger charge is 2.30. The van der Waals surface area contributed by atoms with Crippen molar-refractivity contribution >= 4 is 23.2 Å². The summed E-state index contributed by atoms with van der Waals surface area (Å²) >= 11 is 1.06. The van der Waals surface area contributed by atoms with Gasteiger partial charge in [-0.3, -0.25) is 9.59 Å². The molecule has 0 unspecified atom stereocenters. The van der Waals surface area contributed by atoms with Crippen LogP contribution >= 0.6 is 11.3 Å². The minimum atomic E-state index is -4.46. The number of amides is 1. The molecular weight excluding hydrogens is 357 g/mol. The Hall–Kier alpha value is -2.42. The van der Waals surface area contributed by atoms with Crippen LogP contribution in [0.3, 0.4) is 0 Å². The number of aromatic nitrogens is 1. The van der Waals surface area contributed by atoms with Gasteiger partial charge in [0.05, 0.1) is 12.0 Å². The lowest BCUT2D eigenvalue weighted by molar-refractivity contribution is -0.138. The van der Waals surface area contributed by atoms with Gasteiger partial charge in [-0.25, -0.2) is 4.98 Å². The highest BCUT2D eigenvalue weighted by Crippen LogP contribution is 2.33. The predicted molar refractivity (Wildman–Crippen MR) is 86.4 cm³/mol. The molecule has 1 N–H and O–H groups in total. The van der Waals surface area contributed by atoms with E-state index < -0.39 is 23.6 Å². The Morgan fingerprint density at radius 3 is 2.64 bits per heavy atom. The van der Waals surface area contributed by atoms with Gasteiger partial charge in [0.2, 0.25) is 0 Å². The quantitative estimate of drug-likeness (QED) is 0.838. The standard InChI is InChI=1S/C16H15F3N2O3S/c1-2-21(7-6-13(22)23)15(24)12-9-25-14(20-12)10-4-3-5-11(8-10)16(17,18)19/h3-5,8-9H,2,6-7H2,1H3,(H,22,23). The van der Waals surface area contributed by atoms with E-state index in [1.807, 2.05) is 0 Å². The van der Waals surface area contributed by atoms with E-state index in [4.69, 9.17) is 5.11 Å². The summed E-state index contributed by atoms with van der Waals surface area (Å²) in [6.07, 6.45) is -4.65. The van der Waals surface area contributed by atoms with Crippen LogP contribution in [0.4, 0.5) is 13.2 Å². The first-order chi connectivity index (χ1) is 11.7. The highest BCUT2D eigenvalue weighted by atomic mass is 32.1. The molecule has 0 radical (unpaired) electrons. The number of halogens is 3. The van der Waals surface area contributed by atoms with Gasteiger partial charge in [-0.05, 0) is 19.1 Å². The first kappa shape index (κ1) is 18.9. The van der Waals surface area contributed by atoms with Crippen molar-refractivity contribution in [3.8, 4) is 10.6 Å². The van der Waals surface area contributed by atoms with Gasteiger partial charge in [0.25, 0.3) is 5.91 Å². The molecule has 1 aromatic heterocycles. The van der Waals surface area contributed by atoms with Crippen molar-refractivity contribution in [2.75, 3.05) is 13.1 Å². The number of aliphatic carboxylic acids is 1. The highest BCUT2D eigenvalue weighted by molar-refractivity contribution is 7.13. The molecule has 1 heterocycles. The van der Waals surface area contributed by atoms with E-state index in [0.29, 0.717) is 11.6 Å². The Labute approximate surface area is 145 Å². The Morgan fingerprint density at radius 2 is 2.04 bits per heavy atom. The van der Waals surface area contributed by atoms with Crippen molar-refractivity contribution in [2.24, 2.45) is 0 Å². The number of rotatable bonds is 6. The summed E-state index contributed by atoms with van der Waals surface area (Å²) < 4.78 is 38.4. The Morgan fingerprint density at radius 1 is 1.32 bits per heavy atom. The second-order valence-corrected chi connectivity index (χ2v) is 6.00. The van der Waals surface area contributed by atoms with Crippen LogP contribution in [0.5, 0.6) is 0 Å². The van der Waals surface area contributed by atoms with Crippen molar-refractivity contribution in [3.05, 3.63) is 40.9 Å². The monoisotopic (exact) mass is 372 g/mol. The van der Waals surface area contributed by atoms with Crippen LogP contribution in [0.25, 0.3) is 10.6 Å². The largest absolute Gasteiger partial charge is 0.481 e. The topological polar surface area (TPSA) is 70.5 Å². The predicted octanol–water partition coefficient (Wildman–Crippen LogP) is 3.77. The van der Waals surface area contributed by atoms with Crippen LogP contribution in [0, 0.1) is 0 Å². The molecule has 0 bridgehead atoms. The fraction of sp³-hybridized carbons (Fsp3) is 0.312. The molecule has 134 valence electrons. The molecule has 9 heteroatoms. The van der Waals surface area contributed by atoms with E-state index in [2.05, 4.69) is 4.98 Å². The van der Waals surface area contributed by atoms with Crippen LogP contribution in [-0.4, -0.2) is 40.0 Å². The summed E-state index contributed by atoms with van der Waals surface area (Å²) in [5.74, 6) is -1.47. The molecule has 1 amide bonds. The van der Waals surface area contributed by atoms with Crippen molar-refractivity contribution in [2.45, 2.75) is 19.5 Å². The van der Waals surface area contributed by atoms with Crippen LogP contribution in [-0.2, 0) is 11.0 Å². The summed E-state index contributed by atoms with van der Waals surface area (Å²) in [7, 11) is 0. The number of carboxylic acid groups (broad SMARTS) is 1. The van der Waals surface area contributed by atoms with Gasteiger partial charge >= 0.3 is 12.1 Å². The van der Waals surface area contributed by atoms with Crippen LogP contribution in [0.2, 0.25) is 0 Å². The number of carbonyl (C=O) groups excluding carboxylic acids is 1. The minimum Gasteiger partial charge on any atom is -0.481 e. The molecule has 25 heavy (non-hydrogen) atoms. The molecule has 0 aliphatic rings. The third kappa shape index (κ3) is 4.79. The molecule has 0 atom stereocenters. The molecule has 0 saturated heterocycles. The molecule has 0 aliphatic heterocycles. The third-order valence-electron chi connectivity index (χ3n) is 3.42. The van der Waals surface area contributed by atoms with Gasteiger partial charge in [0.15, 0.2) is 0 Å². The lowest BCUT2D eigenvalue weighted by Crippen LogP contribution is -2.33. The number of carboxylic acids is 1. The van der Waals surface area contributed by atoms with E-state index in [0.717, 1.165) is 23.5 Å². The molecule has 2 rings (SSSR count). The average Bonchev–Trinajstić information content (AvgIpc) is 3.04. The maximum absolute atomic E-state index is 12.8. The Balaban J connectivity index is 2.22. The molecule has 0 aliphatic carbocycles. The summed E-state index contributed by atoms with van der Waals surface area (Å²) in [6, 6.07) is 4.72. The molecule has 1 aromatic carbocycles. The van der Waals surface area contributed by atoms with Crippen LogP contribution in [0.15, 0.2) is 29.6 Å². The first-order valence-corrected chi connectivity index (χ1v) is 8.24. The lowest BCUT2D eigenvalue weighted by Gasteiger charge is -2.18. The fourth-order valence-electron chi connectivity index (χ4n) is 2.13. The molecule has 2 aromatic rings. The van der Waals surface area contributed by atoms with Crippen LogP contribution < -0.4 is 0 Å². The second kappa shape index (κ2) is 7.64. The number of nitrogens with zero attached hydrogens (tertiary/aromatic N) is 2. The molecule has 0 saturated carbocycles. The minimum absolute atomic E-state index is 0.0427. The SMILES string of the molecule is CCN(CCC(=O)O)C(=O)c1csc(-c2cccc(C(F)(F)F)c2)n1. The normalized spacial score (nSPS) is 11.4. The van der Waals surface area contributed by atoms with E-state index in [9.17, 15) is 22.8 Å². The number of alkyl halides is 3. The molecule has 5 nitrogen and oxygen atoms in total. The number of thiazole rings is 1. The maximum Gasteiger partial charge on any atom is 0.416 e. The second-order valence-electron chi connectivity index (χ2n) is 5.15. The van der Waals surface area contributed by atoms with Crippen molar-refractivity contribution in [1.82, 2.24) is 9.88 Å². The summed E-state index contributed by atoms with van der Waals surface area (Å²) in [5, 5.41) is 10.5. The number of hydrogen-bond acceptors (Lipinski definition) is 4. The average molecular weight is 372 g/mol. The Bertz CT molecular complexity index is 774. The van der Waals surface area contributed by atoms with E-state index in [-0.39, 0.29) is 24.2 Å². The van der Waals surface area contributed by atoms with Gasteiger partial charge in [-0.15, -0.1) is 11.3 Å². The third-order valence-corrected chi connectivity index (χ3v) is 4.32. The van der Waals surface area contributed by atoms with Gasteiger partial charge in [0, 0.05) is 24.0 Å². The summed E-state index contributed by atoms with van der Waals surface area (Å²) in [4.78, 5) is 28.4. The van der Waals surface area contributed by atoms with Gasteiger partial charge < -0.3 is 10.0 Å². The zero-order chi connectivity index (χ0) is 18.6. The molecule has 0 spiro atoms. The van der Waals surface area contributed by atoms with E-state index in [1.54, 1.807) is 6.92 Å². The smallest absolute Gasteiger partial charge is 0.416 e. The van der Waals surface area contributed by atoms with Gasteiger partial charge in [0.1, 0.15) is 10.7 Å². The number of benzene rings is 1. The first-order valence-electron chi connectivity index (χ1n) is 7.36. The van der Waals surface area contributed by atoms with E-state index >= 15 is 0 Å². The zero-order valence-electron chi connectivity index (χ0n) is 13.2.